The number of esters is 1. The number of fused-ring (bicyclic) bond motifs is 1. The molecule has 0 fully saturated rings. The third-order valence-electron chi connectivity index (χ3n) is 2.63. The lowest BCUT2D eigenvalue weighted by Crippen LogP contribution is -2.21. The van der Waals surface area contributed by atoms with Crippen molar-refractivity contribution >= 4 is 5.97 Å². The summed E-state index contributed by atoms with van der Waals surface area (Å²) in [6.45, 7) is 7.42. The van der Waals surface area contributed by atoms with Crippen molar-refractivity contribution in [1.29, 1.82) is 0 Å². The Balaban J connectivity index is 2.54. The van der Waals surface area contributed by atoms with Crippen molar-refractivity contribution in [3.63, 3.8) is 0 Å². The van der Waals surface area contributed by atoms with E-state index in [0.717, 1.165) is 5.56 Å². The first-order chi connectivity index (χ1) is 7.67. The zero-order chi connectivity index (χ0) is 11.7. The normalized spacial score (nSPS) is 18.7. The SMILES string of the molecule is C=CC1C(=C)C(=O)Oc2cc(OC)ccc21. The molecular formula is C13H12O3. The molecule has 1 aliphatic rings. The molecule has 0 saturated carbocycles. The van der Waals surface area contributed by atoms with Crippen LogP contribution in [-0.2, 0) is 4.79 Å². The number of hydrogen-bond acceptors (Lipinski definition) is 3. The number of carbonyl (C=O) groups is 1. The van der Waals surface area contributed by atoms with Crippen LogP contribution in [0.2, 0.25) is 0 Å². The highest BCUT2D eigenvalue weighted by atomic mass is 16.5. The fourth-order valence-corrected chi connectivity index (χ4v) is 1.74. The molecule has 1 aromatic carbocycles. The molecule has 0 aliphatic carbocycles. The topological polar surface area (TPSA) is 35.5 Å². The number of hydrogen-bond donors (Lipinski definition) is 0. The van der Waals surface area contributed by atoms with E-state index in [-0.39, 0.29) is 5.92 Å². The van der Waals surface area contributed by atoms with Gasteiger partial charge in [-0.1, -0.05) is 18.7 Å². The van der Waals surface area contributed by atoms with Crippen LogP contribution in [0.3, 0.4) is 0 Å². The zero-order valence-electron chi connectivity index (χ0n) is 9.03. The molecule has 1 aliphatic heterocycles. The molecule has 0 bridgehead atoms. The molecule has 0 spiro atoms. The molecule has 0 N–H and O–H groups in total. The largest absolute Gasteiger partial charge is 0.497 e. The number of methoxy groups -OCH3 is 1. The Kier molecular flexibility index (Phi) is 2.52. The van der Waals surface area contributed by atoms with Gasteiger partial charge in [-0.25, -0.2) is 4.79 Å². The molecule has 3 heteroatoms. The Morgan fingerprint density at radius 3 is 2.88 bits per heavy atom. The lowest BCUT2D eigenvalue weighted by Gasteiger charge is -2.24. The van der Waals surface area contributed by atoms with Gasteiger partial charge >= 0.3 is 5.97 Å². The van der Waals surface area contributed by atoms with Crippen LogP contribution in [0.1, 0.15) is 11.5 Å². The lowest BCUT2D eigenvalue weighted by atomic mass is 9.89. The van der Waals surface area contributed by atoms with E-state index in [9.17, 15) is 4.79 Å². The van der Waals surface area contributed by atoms with E-state index in [4.69, 9.17) is 9.47 Å². The molecule has 0 amide bonds. The molecule has 82 valence electrons. The number of benzene rings is 1. The van der Waals surface area contributed by atoms with Crippen LogP contribution >= 0.6 is 0 Å². The van der Waals surface area contributed by atoms with E-state index >= 15 is 0 Å². The maximum atomic E-state index is 11.5. The monoisotopic (exact) mass is 216 g/mol. The highest BCUT2D eigenvalue weighted by molar-refractivity contribution is 5.94. The van der Waals surface area contributed by atoms with Gasteiger partial charge in [0, 0.05) is 23.1 Å². The second-order valence-corrected chi connectivity index (χ2v) is 3.53. The van der Waals surface area contributed by atoms with E-state index in [1.807, 2.05) is 12.1 Å². The summed E-state index contributed by atoms with van der Waals surface area (Å²) in [5, 5.41) is 0. The average molecular weight is 216 g/mol. The molecule has 1 heterocycles. The quantitative estimate of drug-likeness (QED) is 0.329. The van der Waals surface area contributed by atoms with Crippen molar-refractivity contribution < 1.29 is 14.3 Å². The maximum Gasteiger partial charge on any atom is 0.339 e. The van der Waals surface area contributed by atoms with E-state index in [1.165, 1.54) is 0 Å². The summed E-state index contributed by atoms with van der Waals surface area (Å²) in [6.07, 6.45) is 1.69. The standard InChI is InChI=1S/C13H12O3/c1-4-10-8(2)13(14)16-12-7-9(15-3)5-6-11(10)12/h4-7,10H,1-2H2,3H3. The molecular weight excluding hydrogens is 204 g/mol. The van der Waals surface area contributed by atoms with E-state index in [0.29, 0.717) is 17.1 Å². The number of ether oxygens (including phenoxy) is 2. The summed E-state index contributed by atoms with van der Waals surface area (Å²) >= 11 is 0. The highest BCUT2D eigenvalue weighted by Crippen LogP contribution is 2.39. The molecule has 1 unspecified atom stereocenters. The molecule has 16 heavy (non-hydrogen) atoms. The number of rotatable bonds is 2. The fourth-order valence-electron chi connectivity index (χ4n) is 1.74. The number of carbonyl (C=O) groups excluding carboxylic acids is 1. The molecule has 0 aromatic heterocycles. The molecule has 0 radical (unpaired) electrons. The minimum atomic E-state index is -0.411. The number of allylic oxidation sites excluding steroid dienone is 1. The van der Waals surface area contributed by atoms with Crippen molar-refractivity contribution in [1.82, 2.24) is 0 Å². The summed E-state index contributed by atoms with van der Waals surface area (Å²) in [5.74, 6) is 0.580. The lowest BCUT2D eigenvalue weighted by molar-refractivity contribution is -0.131. The van der Waals surface area contributed by atoms with Crippen LogP contribution in [0, 0.1) is 0 Å². The first kappa shape index (κ1) is 10.5. The molecule has 1 aromatic rings. The minimum Gasteiger partial charge on any atom is -0.497 e. The molecule has 0 saturated heterocycles. The predicted octanol–water partition coefficient (Wildman–Crippen LogP) is 2.44. The Bertz CT molecular complexity index is 474. The van der Waals surface area contributed by atoms with Crippen molar-refractivity contribution in [3.8, 4) is 11.5 Å². The maximum absolute atomic E-state index is 11.5. The Hall–Kier alpha value is -2.03. The summed E-state index contributed by atoms with van der Waals surface area (Å²) in [5.41, 5.74) is 1.30. The van der Waals surface area contributed by atoms with Crippen LogP contribution in [0.25, 0.3) is 0 Å². The van der Waals surface area contributed by atoms with Gasteiger partial charge in [0.05, 0.1) is 7.11 Å². The van der Waals surface area contributed by atoms with Gasteiger partial charge in [0.15, 0.2) is 0 Å². The van der Waals surface area contributed by atoms with E-state index in [2.05, 4.69) is 13.2 Å². The molecule has 2 rings (SSSR count). The van der Waals surface area contributed by atoms with Crippen LogP contribution in [-0.4, -0.2) is 13.1 Å². The van der Waals surface area contributed by atoms with Gasteiger partial charge < -0.3 is 9.47 Å². The van der Waals surface area contributed by atoms with Gasteiger partial charge in [-0.3, -0.25) is 0 Å². The fraction of sp³-hybridized carbons (Fsp3) is 0.154. The van der Waals surface area contributed by atoms with Crippen molar-refractivity contribution in [2.45, 2.75) is 5.92 Å². The first-order valence-electron chi connectivity index (χ1n) is 4.89. The van der Waals surface area contributed by atoms with Gasteiger partial charge in [0.25, 0.3) is 0 Å². The summed E-state index contributed by atoms with van der Waals surface area (Å²) in [4.78, 5) is 11.5. The van der Waals surface area contributed by atoms with Crippen molar-refractivity contribution in [2.24, 2.45) is 0 Å². The second-order valence-electron chi connectivity index (χ2n) is 3.53. The van der Waals surface area contributed by atoms with E-state index < -0.39 is 5.97 Å². The van der Waals surface area contributed by atoms with Crippen LogP contribution < -0.4 is 9.47 Å². The van der Waals surface area contributed by atoms with Gasteiger partial charge in [-0.2, -0.15) is 0 Å². The van der Waals surface area contributed by atoms with Crippen LogP contribution in [0.4, 0.5) is 0 Å². The summed E-state index contributed by atoms with van der Waals surface area (Å²) < 4.78 is 10.2. The molecule has 1 atom stereocenters. The highest BCUT2D eigenvalue weighted by Gasteiger charge is 2.29. The smallest absolute Gasteiger partial charge is 0.339 e. The zero-order valence-corrected chi connectivity index (χ0v) is 9.03. The Morgan fingerprint density at radius 2 is 2.25 bits per heavy atom. The van der Waals surface area contributed by atoms with Gasteiger partial charge in [0.1, 0.15) is 11.5 Å². The second kappa shape index (κ2) is 3.85. The van der Waals surface area contributed by atoms with Crippen LogP contribution in [0.15, 0.2) is 43.0 Å². The minimum absolute atomic E-state index is 0.179. The first-order valence-corrected chi connectivity index (χ1v) is 4.89. The van der Waals surface area contributed by atoms with Gasteiger partial charge in [-0.05, 0) is 6.07 Å². The average Bonchev–Trinajstić information content (AvgIpc) is 2.30. The van der Waals surface area contributed by atoms with E-state index in [1.54, 1.807) is 19.3 Å². The summed E-state index contributed by atoms with van der Waals surface area (Å²) in [6, 6.07) is 5.37. The Morgan fingerprint density at radius 1 is 1.50 bits per heavy atom. The van der Waals surface area contributed by atoms with Crippen LogP contribution in [0.5, 0.6) is 11.5 Å². The predicted molar refractivity (Wildman–Crippen MR) is 60.7 cm³/mol. The summed E-state index contributed by atoms with van der Waals surface area (Å²) in [7, 11) is 1.57. The van der Waals surface area contributed by atoms with Gasteiger partial charge in [-0.15, -0.1) is 6.58 Å². The Labute approximate surface area is 94.0 Å². The van der Waals surface area contributed by atoms with Crippen molar-refractivity contribution in [2.75, 3.05) is 7.11 Å². The van der Waals surface area contributed by atoms with Gasteiger partial charge in [0.2, 0.25) is 0 Å². The third-order valence-corrected chi connectivity index (χ3v) is 2.63. The van der Waals surface area contributed by atoms with Crippen molar-refractivity contribution in [3.05, 3.63) is 48.6 Å². The third kappa shape index (κ3) is 1.50. The molecule has 3 nitrogen and oxygen atoms in total.